The molecule has 0 aliphatic carbocycles. The van der Waals surface area contributed by atoms with Crippen LogP contribution in [-0.4, -0.2) is 25.2 Å². The maximum atomic E-state index is 12.3. The topological polar surface area (TPSA) is 44.7 Å². The van der Waals surface area contributed by atoms with Crippen LogP contribution < -0.4 is 10.3 Å². The highest BCUT2D eigenvalue weighted by Crippen LogP contribution is 2.16. The smallest absolute Gasteiger partial charge is 0.271 e. The second-order valence-corrected chi connectivity index (χ2v) is 6.84. The Morgan fingerprint density at radius 3 is 2.29 bits per heavy atom. The van der Waals surface area contributed by atoms with Crippen molar-refractivity contribution in [1.82, 2.24) is 5.43 Å². The Morgan fingerprint density at radius 2 is 1.61 bits per heavy atom. The molecule has 1 amide bonds. The number of anilines is 1. The highest BCUT2D eigenvalue weighted by atomic mass is 16.2. The summed E-state index contributed by atoms with van der Waals surface area (Å²) < 4.78 is 0. The number of hydrazone groups is 1. The first-order chi connectivity index (χ1) is 13.7. The largest absolute Gasteiger partial charge is 0.372 e. The van der Waals surface area contributed by atoms with E-state index in [-0.39, 0.29) is 5.91 Å². The van der Waals surface area contributed by atoms with E-state index in [1.54, 1.807) is 6.21 Å². The lowest BCUT2D eigenvalue weighted by atomic mass is 10.1. The van der Waals surface area contributed by atoms with Gasteiger partial charge in [-0.15, -0.1) is 0 Å². The number of amides is 1. The number of nitrogens with zero attached hydrogens (tertiary/aromatic N) is 2. The van der Waals surface area contributed by atoms with Crippen molar-refractivity contribution in [2.75, 3.05) is 18.0 Å². The first kappa shape index (κ1) is 19.6. The van der Waals surface area contributed by atoms with Gasteiger partial charge in [-0.1, -0.05) is 56.3 Å². The van der Waals surface area contributed by atoms with E-state index in [9.17, 15) is 4.79 Å². The second-order valence-electron chi connectivity index (χ2n) is 6.84. The minimum absolute atomic E-state index is 0.212. The average Bonchev–Trinajstić information content (AvgIpc) is 2.73. The van der Waals surface area contributed by atoms with Crippen molar-refractivity contribution in [3.05, 3.63) is 77.9 Å². The summed E-state index contributed by atoms with van der Waals surface area (Å²) in [6, 6.07) is 21.9. The zero-order valence-electron chi connectivity index (χ0n) is 16.6. The number of carbonyl (C=O) groups is 1. The molecule has 0 bridgehead atoms. The molecule has 0 radical (unpaired) electrons. The Bertz CT molecular complexity index is 941. The van der Waals surface area contributed by atoms with Crippen molar-refractivity contribution in [3.8, 4) is 0 Å². The quantitative estimate of drug-likeness (QED) is 0.434. The van der Waals surface area contributed by atoms with Crippen LogP contribution in [0, 0.1) is 0 Å². The molecule has 3 aromatic carbocycles. The van der Waals surface area contributed by atoms with Crippen LogP contribution in [0.5, 0.6) is 0 Å². The van der Waals surface area contributed by atoms with E-state index in [4.69, 9.17) is 0 Å². The van der Waals surface area contributed by atoms with Gasteiger partial charge >= 0.3 is 0 Å². The van der Waals surface area contributed by atoms with Gasteiger partial charge in [-0.25, -0.2) is 5.43 Å². The molecule has 0 aromatic heterocycles. The van der Waals surface area contributed by atoms with Gasteiger partial charge in [-0.3, -0.25) is 4.79 Å². The van der Waals surface area contributed by atoms with Crippen LogP contribution in [0.15, 0.2) is 71.8 Å². The maximum Gasteiger partial charge on any atom is 0.271 e. The summed E-state index contributed by atoms with van der Waals surface area (Å²) in [5.41, 5.74) is 5.39. The number of hydrogen-bond acceptors (Lipinski definition) is 3. The maximum absolute atomic E-state index is 12.3. The van der Waals surface area contributed by atoms with Crippen molar-refractivity contribution in [2.24, 2.45) is 5.10 Å². The zero-order valence-corrected chi connectivity index (χ0v) is 16.6. The van der Waals surface area contributed by atoms with Gasteiger partial charge in [0, 0.05) is 24.3 Å². The van der Waals surface area contributed by atoms with Gasteiger partial charge in [0.1, 0.15) is 0 Å². The molecule has 0 heterocycles. The lowest BCUT2D eigenvalue weighted by molar-refractivity contribution is 0.0955. The Kier molecular flexibility index (Phi) is 6.79. The van der Waals surface area contributed by atoms with E-state index < -0.39 is 0 Å². The molecule has 0 fully saturated rings. The van der Waals surface area contributed by atoms with Gasteiger partial charge in [0.2, 0.25) is 0 Å². The molecule has 0 aliphatic heterocycles. The predicted octanol–water partition coefficient (Wildman–Crippen LogP) is 5.23. The van der Waals surface area contributed by atoms with Crippen molar-refractivity contribution < 1.29 is 4.79 Å². The third-order valence-electron chi connectivity index (χ3n) is 4.64. The first-order valence-corrected chi connectivity index (χ1v) is 9.88. The van der Waals surface area contributed by atoms with Crippen LogP contribution in [0.1, 0.15) is 42.6 Å². The highest BCUT2D eigenvalue weighted by molar-refractivity contribution is 5.99. The van der Waals surface area contributed by atoms with Gasteiger partial charge < -0.3 is 4.90 Å². The van der Waals surface area contributed by atoms with E-state index in [0.717, 1.165) is 42.3 Å². The molecule has 1 N–H and O–H groups in total. The fraction of sp³-hybridized carbons (Fsp3) is 0.250. The molecule has 0 atom stereocenters. The number of nitrogens with one attached hydrogen (secondary N) is 1. The minimum atomic E-state index is -0.212. The van der Waals surface area contributed by atoms with E-state index >= 15 is 0 Å². The van der Waals surface area contributed by atoms with Crippen molar-refractivity contribution in [3.63, 3.8) is 0 Å². The van der Waals surface area contributed by atoms with Crippen LogP contribution >= 0.6 is 0 Å². The molecule has 0 aliphatic rings. The van der Waals surface area contributed by atoms with Crippen LogP contribution in [0.4, 0.5) is 5.69 Å². The monoisotopic (exact) mass is 373 g/mol. The van der Waals surface area contributed by atoms with E-state index in [2.05, 4.69) is 41.4 Å². The predicted molar refractivity (Wildman–Crippen MR) is 118 cm³/mol. The Balaban J connectivity index is 1.62. The molecule has 0 saturated heterocycles. The van der Waals surface area contributed by atoms with E-state index in [1.165, 1.54) is 5.69 Å². The molecule has 144 valence electrons. The van der Waals surface area contributed by atoms with E-state index in [1.807, 2.05) is 54.6 Å². The lowest BCUT2D eigenvalue weighted by Gasteiger charge is -2.23. The van der Waals surface area contributed by atoms with Gasteiger partial charge in [0.05, 0.1) is 6.21 Å². The van der Waals surface area contributed by atoms with Crippen molar-refractivity contribution >= 4 is 28.6 Å². The summed E-state index contributed by atoms with van der Waals surface area (Å²) in [5.74, 6) is -0.212. The van der Waals surface area contributed by atoms with Gasteiger partial charge in [-0.2, -0.15) is 5.10 Å². The second kappa shape index (κ2) is 9.70. The first-order valence-electron chi connectivity index (χ1n) is 9.88. The molecular formula is C24H27N3O. The number of rotatable bonds is 8. The summed E-state index contributed by atoms with van der Waals surface area (Å²) in [4.78, 5) is 14.7. The molecule has 3 aromatic rings. The van der Waals surface area contributed by atoms with Gasteiger partial charge in [0.15, 0.2) is 0 Å². The molecule has 0 saturated carbocycles. The standard InChI is InChI=1S/C24H27N3O/c1-3-15-27(16-4-2)23-13-9-19(10-14-23)18-25-26-24(28)22-12-11-20-7-5-6-8-21(20)17-22/h5-14,17-18H,3-4,15-16H2,1-2H3,(H,26,28)/b25-18+. The molecular weight excluding hydrogens is 346 g/mol. The zero-order chi connectivity index (χ0) is 19.8. The van der Waals surface area contributed by atoms with Crippen LogP contribution in [-0.2, 0) is 0 Å². The fourth-order valence-corrected chi connectivity index (χ4v) is 3.24. The SMILES string of the molecule is CCCN(CCC)c1ccc(/C=N/NC(=O)c2ccc3ccccc3c2)cc1. The van der Waals surface area contributed by atoms with Crippen LogP contribution in [0.2, 0.25) is 0 Å². The summed E-state index contributed by atoms with van der Waals surface area (Å²) in [5, 5.41) is 6.26. The third kappa shape index (κ3) is 4.97. The summed E-state index contributed by atoms with van der Waals surface area (Å²) >= 11 is 0. The van der Waals surface area contributed by atoms with Crippen molar-refractivity contribution in [2.45, 2.75) is 26.7 Å². The van der Waals surface area contributed by atoms with E-state index in [0.29, 0.717) is 5.56 Å². The number of fused-ring (bicyclic) bond motifs is 1. The molecule has 28 heavy (non-hydrogen) atoms. The Labute approximate surface area is 166 Å². The number of hydrogen-bond donors (Lipinski definition) is 1. The molecule has 4 nitrogen and oxygen atoms in total. The normalized spacial score (nSPS) is 11.1. The van der Waals surface area contributed by atoms with Gasteiger partial charge in [0.25, 0.3) is 5.91 Å². The van der Waals surface area contributed by atoms with Crippen LogP contribution in [0.25, 0.3) is 10.8 Å². The van der Waals surface area contributed by atoms with Gasteiger partial charge in [-0.05, 0) is 53.4 Å². The Morgan fingerprint density at radius 1 is 0.929 bits per heavy atom. The number of carbonyl (C=O) groups excluding carboxylic acids is 1. The summed E-state index contributed by atoms with van der Waals surface area (Å²) in [6.07, 6.45) is 3.93. The summed E-state index contributed by atoms with van der Waals surface area (Å²) in [7, 11) is 0. The third-order valence-corrected chi connectivity index (χ3v) is 4.64. The summed E-state index contributed by atoms with van der Waals surface area (Å²) in [6.45, 7) is 6.51. The Hall–Kier alpha value is -3.14. The average molecular weight is 374 g/mol. The highest BCUT2D eigenvalue weighted by Gasteiger charge is 2.06. The molecule has 0 spiro atoms. The molecule has 3 rings (SSSR count). The fourth-order valence-electron chi connectivity index (χ4n) is 3.24. The number of benzene rings is 3. The molecule has 4 heteroatoms. The van der Waals surface area contributed by atoms with Crippen molar-refractivity contribution in [1.29, 1.82) is 0 Å². The lowest BCUT2D eigenvalue weighted by Crippen LogP contribution is -2.24. The molecule has 0 unspecified atom stereocenters. The van der Waals surface area contributed by atoms with Crippen LogP contribution in [0.3, 0.4) is 0 Å². The minimum Gasteiger partial charge on any atom is -0.372 e.